The number of rotatable bonds is 1. The maximum Gasteiger partial charge on any atom is 0.335 e. The van der Waals surface area contributed by atoms with Crippen LogP contribution in [0.2, 0.25) is 0 Å². The van der Waals surface area contributed by atoms with Crippen molar-refractivity contribution in [3.05, 3.63) is 34.9 Å². The fourth-order valence-electron chi connectivity index (χ4n) is 1.04. The Balaban J connectivity index is 3.13. The van der Waals surface area contributed by atoms with E-state index in [-0.39, 0.29) is 5.56 Å². The molecule has 1 N–H and O–H groups in total. The Morgan fingerprint density at radius 1 is 1.50 bits per heavy atom. The molecular formula is C11H8O3. The van der Waals surface area contributed by atoms with Gasteiger partial charge in [-0.15, -0.1) is 0 Å². The summed E-state index contributed by atoms with van der Waals surface area (Å²) in [6.45, 7) is 1.75. The van der Waals surface area contributed by atoms with E-state index in [1.54, 1.807) is 13.0 Å². The lowest BCUT2D eigenvalue weighted by molar-refractivity contribution is -0.103. The van der Waals surface area contributed by atoms with Crippen LogP contribution >= 0.6 is 0 Å². The van der Waals surface area contributed by atoms with Gasteiger partial charge < -0.3 is 5.11 Å². The summed E-state index contributed by atoms with van der Waals surface area (Å²) in [4.78, 5) is 20.6. The minimum atomic E-state index is -0.969. The maximum atomic E-state index is 10.6. The smallest absolute Gasteiger partial charge is 0.335 e. The first-order chi connectivity index (χ1) is 6.65. The van der Waals surface area contributed by atoms with Gasteiger partial charge in [-0.3, -0.25) is 4.79 Å². The second-order valence-electron chi connectivity index (χ2n) is 2.72. The Morgan fingerprint density at radius 2 is 2.21 bits per heavy atom. The number of hydrogen-bond acceptors (Lipinski definition) is 2. The molecule has 0 aromatic heterocycles. The normalized spacial score (nSPS) is 8.64. The van der Waals surface area contributed by atoms with E-state index in [1.165, 1.54) is 12.1 Å². The molecule has 1 aromatic carbocycles. The van der Waals surface area contributed by atoms with Crippen molar-refractivity contribution in [2.24, 2.45) is 0 Å². The first-order valence-corrected chi connectivity index (χ1v) is 3.94. The lowest BCUT2D eigenvalue weighted by atomic mass is 10.1. The van der Waals surface area contributed by atoms with Crippen molar-refractivity contribution in [3.63, 3.8) is 0 Å². The van der Waals surface area contributed by atoms with Crippen LogP contribution in [-0.2, 0) is 4.79 Å². The summed E-state index contributed by atoms with van der Waals surface area (Å²) in [5.74, 6) is 3.92. The minimum absolute atomic E-state index is 0.221. The number of carboxylic acid groups (broad SMARTS) is 1. The van der Waals surface area contributed by atoms with Crippen LogP contribution in [0.1, 0.15) is 21.5 Å². The zero-order valence-electron chi connectivity index (χ0n) is 7.57. The lowest BCUT2D eigenvalue weighted by Gasteiger charge is -1.99. The molecule has 0 spiro atoms. The molecule has 14 heavy (non-hydrogen) atoms. The van der Waals surface area contributed by atoms with Crippen molar-refractivity contribution in [2.75, 3.05) is 0 Å². The SMILES string of the molecule is Cc1cc(C(=O)O)ccc1C#CC=O. The molecule has 70 valence electrons. The molecule has 0 bridgehead atoms. The fourth-order valence-corrected chi connectivity index (χ4v) is 1.04. The Hall–Kier alpha value is -2.08. The van der Waals surface area contributed by atoms with Gasteiger partial charge in [0.05, 0.1) is 5.56 Å². The van der Waals surface area contributed by atoms with Crippen LogP contribution in [0.3, 0.4) is 0 Å². The van der Waals surface area contributed by atoms with E-state index in [1.807, 2.05) is 0 Å². The first-order valence-electron chi connectivity index (χ1n) is 3.94. The van der Waals surface area contributed by atoms with Gasteiger partial charge in [0.1, 0.15) is 0 Å². The largest absolute Gasteiger partial charge is 0.478 e. The monoisotopic (exact) mass is 188 g/mol. The van der Waals surface area contributed by atoms with Gasteiger partial charge in [0.25, 0.3) is 0 Å². The molecule has 0 heterocycles. The van der Waals surface area contributed by atoms with Crippen molar-refractivity contribution >= 4 is 12.3 Å². The van der Waals surface area contributed by atoms with Gasteiger partial charge in [-0.05, 0) is 36.6 Å². The summed E-state index contributed by atoms with van der Waals surface area (Å²) in [6.07, 6.45) is 0.505. The summed E-state index contributed by atoms with van der Waals surface area (Å²) in [7, 11) is 0. The minimum Gasteiger partial charge on any atom is -0.478 e. The van der Waals surface area contributed by atoms with Gasteiger partial charge in [-0.1, -0.05) is 5.92 Å². The number of carbonyl (C=O) groups is 2. The number of aldehydes is 1. The molecule has 3 nitrogen and oxygen atoms in total. The summed E-state index contributed by atoms with van der Waals surface area (Å²) in [5, 5.41) is 8.68. The molecule has 0 amide bonds. The molecular weight excluding hydrogens is 180 g/mol. The molecule has 0 saturated carbocycles. The molecule has 0 aliphatic carbocycles. The van der Waals surface area contributed by atoms with Crippen molar-refractivity contribution in [1.29, 1.82) is 0 Å². The van der Waals surface area contributed by atoms with Crippen molar-refractivity contribution < 1.29 is 14.7 Å². The average Bonchev–Trinajstić information content (AvgIpc) is 2.15. The molecule has 0 unspecified atom stereocenters. The van der Waals surface area contributed by atoms with Gasteiger partial charge in [-0.2, -0.15) is 0 Å². The van der Waals surface area contributed by atoms with Crippen molar-refractivity contribution in [2.45, 2.75) is 6.92 Å². The molecule has 1 rings (SSSR count). The number of benzene rings is 1. The topological polar surface area (TPSA) is 54.4 Å². The standard InChI is InChI=1S/C11H8O3/c1-8-7-10(11(13)14)5-4-9(8)3-2-6-12/h4-7H,1H3,(H,13,14). The van der Waals surface area contributed by atoms with E-state index in [2.05, 4.69) is 11.8 Å². The Labute approximate surface area is 81.4 Å². The first kappa shape index (κ1) is 10.0. The fraction of sp³-hybridized carbons (Fsp3) is 0.0909. The summed E-state index contributed by atoms with van der Waals surface area (Å²) >= 11 is 0. The third-order valence-electron chi connectivity index (χ3n) is 1.74. The third-order valence-corrected chi connectivity index (χ3v) is 1.74. The van der Waals surface area contributed by atoms with E-state index in [4.69, 9.17) is 5.11 Å². The van der Waals surface area contributed by atoms with Crippen LogP contribution in [0.15, 0.2) is 18.2 Å². The van der Waals surface area contributed by atoms with Crippen molar-refractivity contribution in [3.8, 4) is 11.8 Å². The molecule has 0 fully saturated rings. The van der Waals surface area contributed by atoms with Crippen molar-refractivity contribution in [1.82, 2.24) is 0 Å². The second-order valence-corrected chi connectivity index (χ2v) is 2.72. The van der Waals surface area contributed by atoms with E-state index in [9.17, 15) is 9.59 Å². The predicted molar refractivity (Wildman–Crippen MR) is 51.1 cm³/mol. The number of carbonyl (C=O) groups excluding carboxylic acids is 1. The van der Waals surface area contributed by atoms with Crippen LogP contribution < -0.4 is 0 Å². The summed E-state index contributed by atoms with van der Waals surface area (Å²) < 4.78 is 0. The number of aryl methyl sites for hydroxylation is 1. The van der Waals surface area contributed by atoms with Gasteiger partial charge in [0.2, 0.25) is 0 Å². The van der Waals surface area contributed by atoms with E-state index in [0.717, 1.165) is 5.56 Å². The highest BCUT2D eigenvalue weighted by atomic mass is 16.4. The number of hydrogen-bond donors (Lipinski definition) is 1. The highest BCUT2D eigenvalue weighted by molar-refractivity contribution is 5.88. The molecule has 0 atom stereocenters. The second kappa shape index (κ2) is 4.24. The van der Waals surface area contributed by atoms with Gasteiger partial charge in [0.15, 0.2) is 6.29 Å². The van der Waals surface area contributed by atoms with E-state index >= 15 is 0 Å². The zero-order valence-corrected chi connectivity index (χ0v) is 7.57. The van der Waals surface area contributed by atoms with Crippen LogP contribution in [0.5, 0.6) is 0 Å². The summed E-state index contributed by atoms with van der Waals surface area (Å²) in [5.41, 5.74) is 1.64. The van der Waals surface area contributed by atoms with E-state index in [0.29, 0.717) is 11.8 Å². The van der Waals surface area contributed by atoms with Gasteiger partial charge in [-0.25, -0.2) is 4.79 Å². The maximum absolute atomic E-state index is 10.6. The molecule has 1 aromatic rings. The Kier molecular flexibility index (Phi) is 3.03. The average molecular weight is 188 g/mol. The lowest BCUT2D eigenvalue weighted by Crippen LogP contribution is -1.97. The highest BCUT2D eigenvalue weighted by Crippen LogP contribution is 2.09. The van der Waals surface area contributed by atoms with Crippen LogP contribution in [0, 0.1) is 18.8 Å². The molecule has 0 radical (unpaired) electrons. The molecule has 3 heteroatoms. The zero-order chi connectivity index (χ0) is 10.6. The molecule has 0 aliphatic rings. The van der Waals surface area contributed by atoms with Crippen LogP contribution in [0.25, 0.3) is 0 Å². The van der Waals surface area contributed by atoms with Crippen LogP contribution in [0.4, 0.5) is 0 Å². The van der Waals surface area contributed by atoms with E-state index < -0.39 is 5.97 Å². The van der Waals surface area contributed by atoms with Crippen LogP contribution in [-0.4, -0.2) is 17.4 Å². The number of aromatic carboxylic acids is 1. The Bertz CT molecular complexity index is 436. The predicted octanol–water partition coefficient (Wildman–Crippen LogP) is 1.24. The number of carboxylic acids is 1. The third kappa shape index (κ3) is 2.20. The Morgan fingerprint density at radius 3 is 2.71 bits per heavy atom. The highest BCUT2D eigenvalue weighted by Gasteiger charge is 2.03. The summed E-state index contributed by atoms with van der Waals surface area (Å²) in [6, 6.07) is 4.58. The van der Waals surface area contributed by atoms with Gasteiger partial charge >= 0.3 is 5.97 Å². The quantitative estimate of drug-likeness (QED) is 0.533. The molecule has 0 saturated heterocycles. The molecule has 0 aliphatic heterocycles. The van der Waals surface area contributed by atoms with Gasteiger partial charge in [0, 0.05) is 5.56 Å².